The van der Waals surface area contributed by atoms with Crippen LogP contribution < -0.4 is 16.0 Å². The molecule has 1 atom stereocenters. The summed E-state index contributed by atoms with van der Waals surface area (Å²) >= 11 is 0. The van der Waals surface area contributed by atoms with Gasteiger partial charge in [0.25, 0.3) is 11.8 Å². The van der Waals surface area contributed by atoms with E-state index in [1.807, 2.05) is 0 Å². The summed E-state index contributed by atoms with van der Waals surface area (Å²) in [4.78, 5) is 24.5. The van der Waals surface area contributed by atoms with Gasteiger partial charge in [0.2, 0.25) is 0 Å². The van der Waals surface area contributed by atoms with Gasteiger partial charge >= 0.3 is 0 Å². The van der Waals surface area contributed by atoms with Gasteiger partial charge in [0.1, 0.15) is 11.7 Å². The number of halogens is 1. The minimum absolute atomic E-state index is 0. The topological polar surface area (TPSA) is 88.7 Å². The predicted molar refractivity (Wildman–Crippen MR) is 99.3 cm³/mol. The molecule has 140 valence electrons. The molecule has 7 nitrogen and oxygen atoms in total. The minimum Gasteiger partial charge on any atom is -0.372 e. The Hall–Kier alpha value is -1.67. The zero-order valence-electron chi connectivity index (χ0n) is 14.8. The van der Waals surface area contributed by atoms with Crippen molar-refractivity contribution in [3.63, 3.8) is 0 Å². The molecule has 1 aromatic carbocycles. The first kappa shape index (κ1) is 21.4. The molecule has 2 amide bonds. The predicted octanol–water partition coefficient (Wildman–Crippen LogP) is 1.79. The lowest BCUT2D eigenvalue weighted by molar-refractivity contribution is -0.140. The van der Waals surface area contributed by atoms with Gasteiger partial charge in [-0.3, -0.25) is 9.59 Å². The number of ether oxygens (including phenoxy) is 2. The standard InChI is InChI=1S/C17H25N3O4.ClH/c1-12(23-2)15(21)19-13-5-4-6-14(11-13)20-16(22)17(24-3)7-9-18-10-8-17;/h4-6,11-12,18H,7-10H2,1-3H3,(H,19,21)(H,20,22);1H. The van der Waals surface area contributed by atoms with Crippen LogP contribution in [0.1, 0.15) is 19.8 Å². The zero-order valence-corrected chi connectivity index (χ0v) is 15.6. The van der Waals surface area contributed by atoms with Crippen LogP contribution in [0.25, 0.3) is 0 Å². The fourth-order valence-corrected chi connectivity index (χ4v) is 2.63. The molecule has 1 heterocycles. The van der Waals surface area contributed by atoms with Crippen LogP contribution in [0.4, 0.5) is 11.4 Å². The molecule has 0 bridgehead atoms. The van der Waals surface area contributed by atoms with Gasteiger partial charge in [-0.2, -0.15) is 0 Å². The first-order chi connectivity index (χ1) is 11.5. The molecule has 3 N–H and O–H groups in total. The molecule has 8 heteroatoms. The van der Waals surface area contributed by atoms with Crippen LogP contribution >= 0.6 is 12.4 Å². The van der Waals surface area contributed by atoms with E-state index in [2.05, 4.69) is 16.0 Å². The number of rotatable bonds is 6. The van der Waals surface area contributed by atoms with Crippen LogP contribution in [0, 0.1) is 0 Å². The van der Waals surface area contributed by atoms with Crippen molar-refractivity contribution < 1.29 is 19.1 Å². The van der Waals surface area contributed by atoms with Crippen molar-refractivity contribution in [1.29, 1.82) is 0 Å². The Balaban J connectivity index is 0.00000312. The molecular weight excluding hydrogens is 346 g/mol. The van der Waals surface area contributed by atoms with E-state index in [4.69, 9.17) is 9.47 Å². The fraction of sp³-hybridized carbons (Fsp3) is 0.529. The van der Waals surface area contributed by atoms with E-state index < -0.39 is 11.7 Å². The van der Waals surface area contributed by atoms with E-state index in [0.717, 1.165) is 13.1 Å². The molecule has 1 unspecified atom stereocenters. The highest BCUT2D eigenvalue weighted by atomic mass is 35.5. The van der Waals surface area contributed by atoms with Crippen molar-refractivity contribution in [1.82, 2.24) is 5.32 Å². The molecule has 0 saturated carbocycles. The zero-order chi connectivity index (χ0) is 17.6. The van der Waals surface area contributed by atoms with Crippen molar-refractivity contribution in [2.45, 2.75) is 31.5 Å². The third-order valence-corrected chi connectivity index (χ3v) is 4.33. The number of benzene rings is 1. The average molecular weight is 372 g/mol. The SMILES string of the molecule is COC(C)C(=O)Nc1cccc(NC(=O)C2(OC)CCNCC2)c1.Cl. The summed E-state index contributed by atoms with van der Waals surface area (Å²) in [5, 5.41) is 8.86. The number of carbonyl (C=O) groups excluding carboxylic acids is 2. The summed E-state index contributed by atoms with van der Waals surface area (Å²) in [7, 11) is 3.04. The normalized spacial score (nSPS) is 17.1. The number of carbonyl (C=O) groups is 2. The number of hydrogen-bond acceptors (Lipinski definition) is 5. The summed E-state index contributed by atoms with van der Waals surface area (Å²) < 4.78 is 10.5. The molecule has 0 aliphatic carbocycles. The van der Waals surface area contributed by atoms with Crippen LogP contribution in [-0.4, -0.2) is 50.8 Å². The third-order valence-electron chi connectivity index (χ3n) is 4.33. The highest BCUT2D eigenvalue weighted by Crippen LogP contribution is 2.25. The summed E-state index contributed by atoms with van der Waals surface area (Å²) in [6.45, 7) is 3.15. The van der Waals surface area contributed by atoms with E-state index in [0.29, 0.717) is 24.2 Å². The van der Waals surface area contributed by atoms with E-state index in [1.165, 1.54) is 7.11 Å². The molecule has 0 radical (unpaired) electrons. The Morgan fingerprint density at radius 2 is 1.76 bits per heavy atom. The third kappa shape index (κ3) is 5.40. The fourth-order valence-electron chi connectivity index (χ4n) is 2.63. The van der Waals surface area contributed by atoms with E-state index in [1.54, 1.807) is 38.3 Å². The Morgan fingerprint density at radius 1 is 1.16 bits per heavy atom. The molecule has 2 rings (SSSR count). The second-order valence-corrected chi connectivity index (χ2v) is 5.85. The van der Waals surface area contributed by atoms with Crippen molar-refractivity contribution >= 4 is 35.6 Å². The van der Waals surface area contributed by atoms with Gasteiger partial charge in [0, 0.05) is 25.6 Å². The van der Waals surface area contributed by atoms with Crippen LogP contribution in [0.15, 0.2) is 24.3 Å². The molecule has 0 aromatic heterocycles. The minimum atomic E-state index is -0.810. The van der Waals surface area contributed by atoms with Gasteiger partial charge in [0.15, 0.2) is 0 Å². The molecule has 1 aromatic rings. The summed E-state index contributed by atoms with van der Waals surface area (Å²) in [5.74, 6) is -0.409. The largest absolute Gasteiger partial charge is 0.372 e. The quantitative estimate of drug-likeness (QED) is 0.709. The lowest BCUT2D eigenvalue weighted by Crippen LogP contribution is -2.51. The maximum Gasteiger partial charge on any atom is 0.256 e. The monoisotopic (exact) mass is 371 g/mol. The second kappa shape index (κ2) is 9.72. The number of nitrogens with one attached hydrogen (secondary N) is 3. The number of amides is 2. The average Bonchev–Trinajstić information content (AvgIpc) is 2.61. The molecule has 1 saturated heterocycles. The van der Waals surface area contributed by atoms with Gasteiger partial charge in [0.05, 0.1) is 0 Å². The lowest BCUT2D eigenvalue weighted by Gasteiger charge is -2.34. The summed E-state index contributed by atoms with van der Waals surface area (Å²) in [5.41, 5.74) is 0.394. The number of piperidine rings is 1. The van der Waals surface area contributed by atoms with Gasteiger partial charge in [-0.1, -0.05) is 6.07 Å². The van der Waals surface area contributed by atoms with Gasteiger partial charge < -0.3 is 25.4 Å². The van der Waals surface area contributed by atoms with Crippen LogP contribution in [0.5, 0.6) is 0 Å². The van der Waals surface area contributed by atoms with Crippen molar-refractivity contribution in [3.05, 3.63) is 24.3 Å². The van der Waals surface area contributed by atoms with E-state index >= 15 is 0 Å². The first-order valence-corrected chi connectivity index (χ1v) is 8.02. The van der Waals surface area contributed by atoms with E-state index in [9.17, 15) is 9.59 Å². The van der Waals surface area contributed by atoms with Crippen LogP contribution in [0.2, 0.25) is 0 Å². The van der Waals surface area contributed by atoms with E-state index in [-0.39, 0.29) is 24.2 Å². The van der Waals surface area contributed by atoms with Gasteiger partial charge in [-0.05, 0) is 51.1 Å². The highest BCUT2D eigenvalue weighted by Gasteiger charge is 2.39. The smallest absolute Gasteiger partial charge is 0.256 e. The molecule has 0 spiro atoms. The Bertz CT molecular complexity index is 591. The molecule has 25 heavy (non-hydrogen) atoms. The molecular formula is C17H26ClN3O4. The van der Waals surface area contributed by atoms with Crippen molar-refractivity contribution in [2.24, 2.45) is 0 Å². The summed E-state index contributed by atoms with van der Waals surface area (Å²) in [6.07, 6.45) is 0.698. The highest BCUT2D eigenvalue weighted by molar-refractivity contribution is 5.99. The Morgan fingerprint density at radius 3 is 2.32 bits per heavy atom. The van der Waals surface area contributed by atoms with Crippen LogP contribution in [0.3, 0.4) is 0 Å². The molecule has 1 fully saturated rings. The van der Waals surface area contributed by atoms with Gasteiger partial charge in [-0.25, -0.2) is 0 Å². The van der Waals surface area contributed by atoms with Crippen molar-refractivity contribution in [2.75, 3.05) is 37.9 Å². The Kier molecular flexibility index (Phi) is 8.31. The maximum absolute atomic E-state index is 12.6. The second-order valence-electron chi connectivity index (χ2n) is 5.85. The molecule has 1 aliphatic rings. The number of methoxy groups -OCH3 is 2. The maximum atomic E-state index is 12.6. The Labute approximate surface area is 154 Å². The number of anilines is 2. The number of hydrogen-bond donors (Lipinski definition) is 3. The lowest BCUT2D eigenvalue weighted by atomic mass is 9.91. The first-order valence-electron chi connectivity index (χ1n) is 8.02. The molecule has 1 aliphatic heterocycles. The summed E-state index contributed by atoms with van der Waals surface area (Å²) in [6, 6.07) is 7.01. The van der Waals surface area contributed by atoms with Crippen LogP contribution in [-0.2, 0) is 19.1 Å². The van der Waals surface area contributed by atoms with Crippen molar-refractivity contribution in [3.8, 4) is 0 Å². The van der Waals surface area contributed by atoms with Gasteiger partial charge in [-0.15, -0.1) is 12.4 Å².